The summed E-state index contributed by atoms with van der Waals surface area (Å²) >= 11 is 5.73. The SMILES string of the molecule is CCOC(=O)COc1ccc(Cl)c(C=O)c1. The van der Waals surface area contributed by atoms with Gasteiger partial charge >= 0.3 is 5.97 Å². The van der Waals surface area contributed by atoms with Gasteiger partial charge in [0.15, 0.2) is 12.9 Å². The lowest BCUT2D eigenvalue weighted by Crippen LogP contribution is -2.14. The van der Waals surface area contributed by atoms with Crippen molar-refractivity contribution in [2.75, 3.05) is 13.2 Å². The van der Waals surface area contributed by atoms with Gasteiger partial charge in [-0.25, -0.2) is 4.79 Å². The van der Waals surface area contributed by atoms with E-state index in [9.17, 15) is 9.59 Å². The van der Waals surface area contributed by atoms with Gasteiger partial charge < -0.3 is 9.47 Å². The first-order valence-corrected chi connectivity index (χ1v) is 5.08. The van der Waals surface area contributed by atoms with Gasteiger partial charge in [-0.15, -0.1) is 0 Å². The molecule has 1 rings (SSSR count). The van der Waals surface area contributed by atoms with E-state index in [4.69, 9.17) is 16.3 Å². The highest BCUT2D eigenvalue weighted by molar-refractivity contribution is 6.33. The lowest BCUT2D eigenvalue weighted by molar-refractivity contribution is -0.145. The lowest BCUT2D eigenvalue weighted by atomic mass is 10.2. The molecule has 5 heteroatoms. The quantitative estimate of drug-likeness (QED) is 0.586. The smallest absolute Gasteiger partial charge is 0.344 e. The number of hydrogen-bond donors (Lipinski definition) is 0. The largest absolute Gasteiger partial charge is 0.482 e. The van der Waals surface area contributed by atoms with E-state index in [1.807, 2.05) is 0 Å². The van der Waals surface area contributed by atoms with Gasteiger partial charge in [0.1, 0.15) is 5.75 Å². The molecule has 0 radical (unpaired) electrons. The van der Waals surface area contributed by atoms with Crippen LogP contribution in [0.1, 0.15) is 17.3 Å². The third kappa shape index (κ3) is 3.55. The Kier molecular flexibility index (Phi) is 4.79. The summed E-state index contributed by atoms with van der Waals surface area (Å²) in [5.74, 6) is -0.0512. The van der Waals surface area contributed by atoms with Crippen LogP contribution in [-0.4, -0.2) is 25.5 Å². The number of ether oxygens (including phenoxy) is 2. The average molecular weight is 243 g/mol. The topological polar surface area (TPSA) is 52.6 Å². The zero-order valence-corrected chi connectivity index (χ0v) is 9.49. The molecule has 0 bridgehead atoms. The van der Waals surface area contributed by atoms with Crippen LogP contribution in [-0.2, 0) is 9.53 Å². The Morgan fingerprint density at radius 2 is 2.25 bits per heavy atom. The molecule has 1 aromatic rings. The molecular weight excluding hydrogens is 232 g/mol. The highest BCUT2D eigenvalue weighted by atomic mass is 35.5. The van der Waals surface area contributed by atoms with Crippen molar-refractivity contribution in [3.05, 3.63) is 28.8 Å². The highest BCUT2D eigenvalue weighted by Gasteiger charge is 2.05. The van der Waals surface area contributed by atoms with Crippen molar-refractivity contribution < 1.29 is 19.1 Å². The number of hydrogen-bond acceptors (Lipinski definition) is 4. The van der Waals surface area contributed by atoms with Crippen LogP contribution in [0.15, 0.2) is 18.2 Å². The molecule has 0 heterocycles. The molecular formula is C11H11ClO4. The Balaban J connectivity index is 2.61. The van der Waals surface area contributed by atoms with E-state index in [2.05, 4.69) is 4.74 Å². The molecule has 0 aromatic heterocycles. The number of aldehydes is 1. The van der Waals surface area contributed by atoms with E-state index in [-0.39, 0.29) is 6.61 Å². The Hall–Kier alpha value is -1.55. The van der Waals surface area contributed by atoms with Gasteiger partial charge in [0, 0.05) is 5.56 Å². The van der Waals surface area contributed by atoms with Crippen molar-refractivity contribution in [2.24, 2.45) is 0 Å². The van der Waals surface area contributed by atoms with Crippen molar-refractivity contribution in [3.63, 3.8) is 0 Å². The molecule has 0 saturated carbocycles. The molecule has 86 valence electrons. The molecule has 0 atom stereocenters. The maximum absolute atomic E-state index is 11.0. The zero-order valence-electron chi connectivity index (χ0n) is 8.73. The third-order valence-corrected chi connectivity index (χ3v) is 2.10. The molecule has 0 aliphatic rings. The lowest BCUT2D eigenvalue weighted by Gasteiger charge is -2.06. The predicted octanol–water partition coefficient (Wildman–Crippen LogP) is 2.09. The number of halogens is 1. The minimum Gasteiger partial charge on any atom is -0.482 e. The zero-order chi connectivity index (χ0) is 12.0. The first kappa shape index (κ1) is 12.5. The Bertz CT molecular complexity index is 390. The maximum atomic E-state index is 11.0. The van der Waals surface area contributed by atoms with Crippen molar-refractivity contribution in [1.82, 2.24) is 0 Å². The fourth-order valence-corrected chi connectivity index (χ4v) is 1.21. The van der Waals surface area contributed by atoms with Crippen LogP contribution in [0.2, 0.25) is 5.02 Å². The van der Waals surface area contributed by atoms with Crippen LogP contribution >= 0.6 is 11.6 Å². The molecule has 4 nitrogen and oxygen atoms in total. The maximum Gasteiger partial charge on any atom is 0.344 e. The molecule has 0 unspecified atom stereocenters. The van der Waals surface area contributed by atoms with Gasteiger partial charge in [0.05, 0.1) is 11.6 Å². The monoisotopic (exact) mass is 242 g/mol. The van der Waals surface area contributed by atoms with E-state index < -0.39 is 5.97 Å². The highest BCUT2D eigenvalue weighted by Crippen LogP contribution is 2.20. The van der Waals surface area contributed by atoms with Gasteiger partial charge in [0.2, 0.25) is 0 Å². The molecule has 0 spiro atoms. The summed E-state index contributed by atoms with van der Waals surface area (Å²) in [4.78, 5) is 21.6. The van der Waals surface area contributed by atoms with E-state index in [0.717, 1.165) is 0 Å². The predicted molar refractivity (Wildman–Crippen MR) is 59.0 cm³/mol. The van der Waals surface area contributed by atoms with Crippen molar-refractivity contribution in [1.29, 1.82) is 0 Å². The first-order chi connectivity index (χ1) is 7.67. The summed E-state index contributed by atoms with van der Waals surface area (Å²) in [5.41, 5.74) is 0.322. The van der Waals surface area contributed by atoms with Gasteiger partial charge in [-0.05, 0) is 25.1 Å². The van der Waals surface area contributed by atoms with Crippen molar-refractivity contribution >= 4 is 23.9 Å². The minimum absolute atomic E-state index is 0.187. The summed E-state index contributed by atoms with van der Waals surface area (Å²) < 4.78 is 9.81. The van der Waals surface area contributed by atoms with Crippen LogP contribution < -0.4 is 4.74 Å². The van der Waals surface area contributed by atoms with Gasteiger partial charge in [-0.1, -0.05) is 11.6 Å². The molecule has 0 saturated heterocycles. The molecule has 0 amide bonds. The second-order valence-corrected chi connectivity index (χ2v) is 3.30. The van der Waals surface area contributed by atoms with E-state index in [0.29, 0.717) is 29.2 Å². The van der Waals surface area contributed by atoms with E-state index in [1.165, 1.54) is 12.1 Å². The van der Waals surface area contributed by atoms with Crippen LogP contribution in [0.4, 0.5) is 0 Å². The second-order valence-electron chi connectivity index (χ2n) is 2.89. The van der Waals surface area contributed by atoms with Crippen LogP contribution in [0.25, 0.3) is 0 Å². The summed E-state index contributed by atoms with van der Waals surface area (Å²) in [6, 6.07) is 4.58. The van der Waals surface area contributed by atoms with Gasteiger partial charge in [-0.3, -0.25) is 4.79 Å². The summed E-state index contributed by atoms with van der Waals surface area (Å²) in [5, 5.41) is 0.346. The van der Waals surface area contributed by atoms with Gasteiger partial charge in [-0.2, -0.15) is 0 Å². The van der Waals surface area contributed by atoms with Crippen LogP contribution in [0.3, 0.4) is 0 Å². The standard InChI is InChI=1S/C11H11ClO4/c1-2-15-11(14)7-16-9-3-4-10(12)8(5-9)6-13/h3-6H,2,7H2,1H3. The number of benzene rings is 1. The van der Waals surface area contributed by atoms with Gasteiger partial charge in [0.25, 0.3) is 0 Å². The Morgan fingerprint density at radius 1 is 1.50 bits per heavy atom. The Labute approximate surface area is 98.1 Å². The molecule has 0 aliphatic heterocycles. The average Bonchev–Trinajstić information content (AvgIpc) is 2.28. The van der Waals surface area contributed by atoms with Crippen LogP contribution in [0, 0.1) is 0 Å². The molecule has 0 fully saturated rings. The number of rotatable bonds is 5. The second kappa shape index (κ2) is 6.12. The molecule has 1 aromatic carbocycles. The fourth-order valence-electron chi connectivity index (χ4n) is 1.05. The minimum atomic E-state index is -0.454. The normalized spacial score (nSPS) is 9.62. The number of esters is 1. The summed E-state index contributed by atoms with van der Waals surface area (Å²) in [7, 11) is 0. The molecule has 16 heavy (non-hydrogen) atoms. The van der Waals surface area contributed by atoms with E-state index in [1.54, 1.807) is 13.0 Å². The molecule has 0 N–H and O–H groups in total. The van der Waals surface area contributed by atoms with Crippen molar-refractivity contribution in [2.45, 2.75) is 6.92 Å². The third-order valence-electron chi connectivity index (χ3n) is 1.76. The summed E-state index contributed by atoms with van der Waals surface area (Å²) in [6.07, 6.45) is 0.625. The Morgan fingerprint density at radius 3 is 2.88 bits per heavy atom. The summed E-state index contributed by atoms with van der Waals surface area (Å²) in [6.45, 7) is 1.83. The number of carbonyl (C=O) groups excluding carboxylic acids is 2. The van der Waals surface area contributed by atoms with E-state index >= 15 is 0 Å². The first-order valence-electron chi connectivity index (χ1n) is 4.70. The fraction of sp³-hybridized carbons (Fsp3) is 0.273. The van der Waals surface area contributed by atoms with Crippen LogP contribution in [0.5, 0.6) is 5.75 Å². The molecule has 0 aliphatic carbocycles. The number of carbonyl (C=O) groups is 2. The van der Waals surface area contributed by atoms with Crippen molar-refractivity contribution in [3.8, 4) is 5.75 Å².